The van der Waals surface area contributed by atoms with Gasteiger partial charge in [0.1, 0.15) is 5.75 Å². The minimum Gasteiger partial charge on any atom is -0.497 e. The first-order valence-electron chi connectivity index (χ1n) is 8.70. The molecule has 0 bridgehead atoms. The first-order chi connectivity index (χ1) is 13.5. The van der Waals surface area contributed by atoms with Crippen LogP contribution in [0.4, 0.5) is 0 Å². The van der Waals surface area contributed by atoms with Gasteiger partial charge in [-0.3, -0.25) is 0 Å². The highest BCUT2D eigenvalue weighted by molar-refractivity contribution is 7.89. The zero-order valence-electron chi connectivity index (χ0n) is 15.2. The molecule has 0 spiro atoms. The van der Waals surface area contributed by atoms with Crippen LogP contribution in [-0.4, -0.2) is 25.1 Å². The number of nitrogens with zero attached hydrogens (tertiary/aromatic N) is 2. The van der Waals surface area contributed by atoms with E-state index < -0.39 is 10.0 Å². The molecule has 0 aliphatic heterocycles. The Kier molecular flexibility index (Phi) is 4.85. The predicted octanol–water partition coefficient (Wildman–Crippen LogP) is 3.51. The molecule has 0 aliphatic carbocycles. The van der Waals surface area contributed by atoms with Crippen LogP contribution in [-0.2, 0) is 16.6 Å². The van der Waals surface area contributed by atoms with Gasteiger partial charge in [0.25, 0.3) is 0 Å². The summed E-state index contributed by atoms with van der Waals surface area (Å²) in [5.41, 5.74) is 1.84. The number of nitrogens with one attached hydrogen (secondary N) is 1. The number of methoxy groups -OCH3 is 1. The lowest BCUT2D eigenvalue weighted by Gasteiger charge is -2.09. The molecule has 4 aromatic rings. The number of hydrogen-bond acceptors (Lipinski definition) is 4. The Morgan fingerprint density at radius 3 is 2.46 bits per heavy atom. The van der Waals surface area contributed by atoms with Crippen molar-refractivity contribution in [3.8, 4) is 11.4 Å². The van der Waals surface area contributed by atoms with E-state index in [1.165, 1.54) is 0 Å². The van der Waals surface area contributed by atoms with Gasteiger partial charge in [-0.15, -0.1) is 0 Å². The third kappa shape index (κ3) is 3.76. The Bertz CT molecular complexity index is 1200. The summed E-state index contributed by atoms with van der Waals surface area (Å²) in [5.74, 6) is 0.736. The Labute approximate surface area is 163 Å². The lowest BCUT2D eigenvalue weighted by molar-refractivity contribution is 0.415. The average molecular weight is 393 g/mol. The van der Waals surface area contributed by atoms with Gasteiger partial charge in [-0.25, -0.2) is 18.1 Å². The molecule has 142 valence electrons. The van der Waals surface area contributed by atoms with Crippen LogP contribution >= 0.6 is 0 Å². The first kappa shape index (κ1) is 18.2. The Morgan fingerprint density at radius 2 is 1.75 bits per heavy atom. The van der Waals surface area contributed by atoms with E-state index in [1.54, 1.807) is 37.8 Å². The summed E-state index contributed by atoms with van der Waals surface area (Å²) in [6.45, 7) is 0.215. The molecule has 1 aromatic heterocycles. The van der Waals surface area contributed by atoms with Crippen molar-refractivity contribution in [2.24, 2.45) is 0 Å². The number of imidazole rings is 1. The highest BCUT2D eigenvalue weighted by atomic mass is 32.2. The van der Waals surface area contributed by atoms with E-state index in [-0.39, 0.29) is 11.4 Å². The maximum absolute atomic E-state index is 12.7. The smallest absolute Gasteiger partial charge is 0.240 e. The zero-order valence-corrected chi connectivity index (χ0v) is 16.1. The van der Waals surface area contributed by atoms with Gasteiger partial charge in [0.15, 0.2) is 0 Å². The van der Waals surface area contributed by atoms with Gasteiger partial charge in [0, 0.05) is 24.6 Å². The van der Waals surface area contributed by atoms with Crippen molar-refractivity contribution in [1.82, 2.24) is 14.3 Å². The Morgan fingerprint density at radius 1 is 1.00 bits per heavy atom. The Balaban J connectivity index is 1.50. The number of aromatic nitrogens is 2. The maximum atomic E-state index is 12.7. The second-order valence-corrected chi connectivity index (χ2v) is 8.10. The lowest BCUT2D eigenvalue weighted by atomic mass is 10.1. The minimum absolute atomic E-state index is 0.215. The molecule has 28 heavy (non-hydrogen) atoms. The number of rotatable bonds is 6. The molecule has 0 amide bonds. The molecule has 1 N–H and O–H groups in total. The summed E-state index contributed by atoms with van der Waals surface area (Å²) in [6.07, 6.45) is 5.28. The van der Waals surface area contributed by atoms with Crippen LogP contribution in [0.2, 0.25) is 0 Å². The van der Waals surface area contributed by atoms with Gasteiger partial charge < -0.3 is 9.30 Å². The maximum Gasteiger partial charge on any atom is 0.240 e. The molecule has 4 rings (SSSR count). The average Bonchev–Trinajstić information content (AvgIpc) is 3.27. The van der Waals surface area contributed by atoms with Crippen molar-refractivity contribution >= 4 is 20.8 Å². The van der Waals surface area contributed by atoms with Gasteiger partial charge in [-0.05, 0) is 52.7 Å². The topological polar surface area (TPSA) is 73.2 Å². The molecule has 1 heterocycles. The van der Waals surface area contributed by atoms with E-state index in [9.17, 15) is 8.42 Å². The van der Waals surface area contributed by atoms with Gasteiger partial charge in [-0.2, -0.15) is 0 Å². The fraction of sp³-hybridized carbons (Fsp3) is 0.0952. The molecule has 0 radical (unpaired) electrons. The summed E-state index contributed by atoms with van der Waals surface area (Å²) in [7, 11) is -2.01. The van der Waals surface area contributed by atoms with Crippen LogP contribution in [0.3, 0.4) is 0 Å². The number of hydrogen-bond donors (Lipinski definition) is 1. The minimum atomic E-state index is -3.62. The van der Waals surface area contributed by atoms with E-state index in [1.807, 2.05) is 53.2 Å². The molecule has 0 aliphatic rings. The van der Waals surface area contributed by atoms with Gasteiger partial charge in [0.2, 0.25) is 10.0 Å². The molecule has 7 heteroatoms. The lowest BCUT2D eigenvalue weighted by Crippen LogP contribution is -2.23. The first-order valence-corrected chi connectivity index (χ1v) is 10.2. The van der Waals surface area contributed by atoms with E-state index in [0.717, 1.165) is 27.8 Å². The van der Waals surface area contributed by atoms with Crippen LogP contribution in [0, 0.1) is 0 Å². The number of benzene rings is 3. The van der Waals surface area contributed by atoms with E-state index in [2.05, 4.69) is 9.71 Å². The van der Waals surface area contributed by atoms with Crippen LogP contribution in [0.25, 0.3) is 16.5 Å². The fourth-order valence-electron chi connectivity index (χ4n) is 2.96. The van der Waals surface area contributed by atoms with Gasteiger partial charge in [0.05, 0.1) is 18.3 Å². The van der Waals surface area contributed by atoms with E-state index in [4.69, 9.17) is 4.74 Å². The summed E-state index contributed by atoms with van der Waals surface area (Å²) in [5, 5.41) is 1.77. The molecule has 3 aromatic carbocycles. The van der Waals surface area contributed by atoms with Crippen molar-refractivity contribution in [1.29, 1.82) is 0 Å². The van der Waals surface area contributed by atoms with Crippen LogP contribution < -0.4 is 9.46 Å². The number of fused-ring (bicyclic) bond motifs is 1. The van der Waals surface area contributed by atoms with Gasteiger partial charge >= 0.3 is 0 Å². The third-order valence-corrected chi connectivity index (χ3v) is 5.93. The normalized spacial score (nSPS) is 11.6. The summed E-state index contributed by atoms with van der Waals surface area (Å²) < 4.78 is 35.1. The zero-order chi connectivity index (χ0) is 19.6. The summed E-state index contributed by atoms with van der Waals surface area (Å²) >= 11 is 0. The molecule has 0 unspecified atom stereocenters. The van der Waals surface area contributed by atoms with E-state index >= 15 is 0 Å². The highest BCUT2D eigenvalue weighted by Gasteiger charge is 2.14. The van der Waals surface area contributed by atoms with Crippen molar-refractivity contribution in [3.63, 3.8) is 0 Å². The molecule has 0 atom stereocenters. The van der Waals surface area contributed by atoms with Crippen LogP contribution in [0.15, 0.2) is 84.3 Å². The van der Waals surface area contributed by atoms with E-state index in [0.29, 0.717) is 0 Å². The SMILES string of the molecule is COc1ccc2cc(S(=O)(=O)NCc3ccc(-n4ccnc4)cc3)ccc2c1. The van der Waals surface area contributed by atoms with Gasteiger partial charge in [-0.1, -0.05) is 24.3 Å². The quantitative estimate of drug-likeness (QED) is 0.544. The molecular weight excluding hydrogens is 374 g/mol. The number of sulfonamides is 1. The summed E-state index contributed by atoms with van der Waals surface area (Å²) in [4.78, 5) is 4.26. The summed E-state index contributed by atoms with van der Waals surface area (Å²) in [6, 6.07) is 18.2. The molecule has 6 nitrogen and oxygen atoms in total. The van der Waals surface area contributed by atoms with Crippen molar-refractivity contribution in [2.45, 2.75) is 11.4 Å². The molecule has 0 saturated heterocycles. The molecular formula is C21H19N3O3S. The third-order valence-electron chi connectivity index (χ3n) is 4.53. The largest absolute Gasteiger partial charge is 0.497 e. The van der Waals surface area contributed by atoms with Crippen molar-refractivity contribution < 1.29 is 13.2 Å². The predicted molar refractivity (Wildman–Crippen MR) is 108 cm³/mol. The second kappa shape index (κ2) is 7.46. The fourth-order valence-corrected chi connectivity index (χ4v) is 4.01. The second-order valence-electron chi connectivity index (χ2n) is 6.34. The van der Waals surface area contributed by atoms with Crippen molar-refractivity contribution in [3.05, 3.63) is 84.9 Å². The molecule has 0 fully saturated rings. The monoisotopic (exact) mass is 393 g/mol. The molecule has 0 saturated carbocycles. The number of ether oxygens (including phenoxy) is 1. The standard InChI is InChI=1S/C21H19N3O3S/c1-27-20-8-4-18-13-21(9-5-17(18)12-20)28(25,26)23-14-16-2-6-19(7-3-16)24-11-10-22-15-24/h2-13,15,23H,14H2,1H3. The highest BCUT2D eigenvalue weighted by Crippen LogP contribution is 2.23. The Hall–Kier alpha value is -3.16. The van der Waals surface area contributed by atoms with Crippen molar-refractivity contribution in [2.75, 3.05) is 7.11 Å². The van der Waals surface area contributed by atoms with Crippen LogP contribution in [0.1, 0.15) is 5.56 Å². The van der Waals surface area contributed by atoms with Crippen LogP contribution in [0.5, 0.6) is 5.75 Å².